The molecule has 1 atom stereocenters. The molecular formula is C12H12N2O3S. The number of carbonyl (C=O) groups excluding carboxylic acids is 1. The van der Waals surface area contributed by atoms with Gasteiger partial charge in [-0.1, -0.05) is 0 Å². The van der Waals surface area contributed by atoms with E-state index in [-0.39, 0.29) is 17.7 Å². The zero-order valence-electron chi connectivity index (χ0n) is 9.79. The molecule has 2 aliphatic heterocycles. The molecule has 0 aromatic heterocycles. The smallest absolute Gasteiger partial charge is 0.257 e. The Hall–Kier alpha value is -1.69. The van der Waals surface area contributed by atoms with Crippen molar-refractivity contribution in [3.63, 3.8) is 0 Å². The maximum absolute atomic E-state index is 12.4. The van der Waals surface area contributed by atoms with E-state index in [1.165, 1.54) is 13.2 Å². The fourth-order valence-electron chi connectivity index (χ4n) is 2.11. The van der Waals surface area contributed by atoms with Crippen molar-refractivity contribution in [3.05, 3.63) is 17.7 Å². The molecule has 6 heteroatoms. The van der Waals surface area contributed by atoms with E-state index in [1.807, 2.05) is 0 Å². The standard InChI is InChI=1S/C12H12N2O3S/c1-17-11-2-8-9(3-10(11)15)13-4-7-5-18-6-14(7)12(8)16/h2-4,7,15H,5-6H2,1H3. The molecule has 94 valence electrons. The van der Waals surface area contributed by atoms with Crippen LogP contribution in [0.4, 0.5) is 5.69 Å². The molecule has 1 saturated heterocycles. The van der Waals surface area contributed by atoms with Gasteiger partial charge < -0.3 is 14.7 Å². The summed E-state index contributed by atoms with van der Waals surface area (Å²) < 4.78 is 5.03. The average molecular weight is 264 g/mol. The fourth-order valence-corrected chi connectivity index (χ4v) is 3.23. The van der Waals surface area contributed by atoms with Gasteiger partial charge in [0.1, 0.15) is 0 Å². The highest BCUT2D eigenvalue weighted by Crippen LogP contribution is 2.37. The summed E-state index contributed by atoms with van der Waals surface area (Å²) in [6.07, 6.45) is 1.77. The van der Waals surface area contributed by atoms with E-state index < -0.39 is 0 Å². The monoisotopic (exact) mass is 264 g/mol. The lowest BCUT2D eigenvalue weighted by molar-refractivity contribution is 0.0784. The second kappa shape index (κ2) is 4.20. The van der Waals surface area contributed by atoms with Crippen molar-refractivity contribution in [2.45, 2.75) is 6.04 Å². The third kappa shape index (κ3) is 1.64. The number of phenols is 1. The van der Waals surface area contributed by atoms with Crippen LogP contribution >= 0.6 is 11.8 Å². The Morgan fingerprint density at radius 1 is 1.56 bits per heavy atom. The van der Waals surface area contributed by atoms with Gasteiger partial charge >= 0.3 is 0 Å². The first-order chi connectivity index (χ1) is 8.70. The minimum atomic E-state index is -0.0594. The molecule has 1 fully saturated rings. The predicted molar refractivity (Wildman–Crippen MR) is 70.1 cm³/mol. The quantitative estimate of drug-likeness (QED) is 0.837. The summed E-state index contributed by atoms with van der Waals surface area (Å²) in [6, 6.07) is 3.07. The maximum Gasteiger partial charge on any atom is 0.257 e. The van der Waals surface area contributed by atoms with Crippen LogP contribution in [-0.4, -0.2) is 46.9 Å². The number of rotatable bonds is 1. The number of methoxy groups -OCH3 is 1. The lowest BCUT2D eigenvalue weighted by Crippen LogP contribution is -2.36. The number of ether oxygens (including phenoxy) is 1. The fraction of sp³-hybridized carbons (Fsp3) is 0.333. The normalized spacial score (nSPS) is 21.5. The van der Waals surface area contributed by atoms with E-state index in [1.54, 1.807) is 28.9 Å². The van der Waals surface area contributed by atoms with Gasteiger partial charge in [0.15, 0.2) is 11.5 Å². The molecule has 0 aliphatic carbocycles. The van der Waals surface area contributed by atoms with E-state index in [9.17, 15) is 9.90 Å². The number of amides is 1. The number of hydrogen-bond donors (Lipinski definition) is 1. The zero-order valence-corrected chi connectivity index (χ0v) is 10.6. The second-order valence-electron chi connectivity index (χ2n) is 4.16. The van der Waals surface area contributed by atoms with Gasteiger partial charge in [0, 0.05) is 18.0 Å². The van der Waals surface area contributed by atoms with E-state index in [4.69, 9.17) is 4.74 Å². The first-order valence-corrected chi connectivity index (χ1v) is 6.70. The molecule has 2 aliphatic rings. The third-order valence-corrected chi connectivity index (χ3v) is 4.13. The number of benzene rings is 1. The van der Waals surface area contributed by atoms with Gasteiger partial charge in [0.05, 0.1) is 30.3 Å². The Labute approximate surface area is 108 Å². The van der Waals surface area contributed by atoms with Crippen molar-refractivity contribution < 1.29 is 14.6 Å². The van der Waals surface area contributed by atoms with Gasteiger partial charge in [-0.15, -0.1) is 11.8 Å². The molecule has 1 unspecified atom stereocenters. The van der Waals surface area contributed by atoms with Crippen LogP contribution in [0, 0.1) is 0 Å². The first kappa shape index (κ1) is 11.4. The van der Waals surface area contributed by atoms with Crippen molar-refractivity contribution in [3.8, 4) is 11.5 Å². The molecule has 0 saturated carbocycles. The highest BCUT2D eigenvalue weighted by molar-refractivity contribution is 7.99. The number of hydrogen-bond acceptors (Lipinski definition) is 5. The van der Waals surface area contributed by atoms with Crippen LogP contribution in [-0.2, 0) is 0 Å². The largest absolute Gasteiger partial charge is 0.504 e. The lowest BCUT2D eigenvalue weighted by Gasteiger charge is -2.19. The molecule has 0 bridgehead atoms. The van der Waals surface area contributed by atoms with Crippen molar-refractivity contribution >= 4 is 29.6 Å². The number of nitrogens with zero attached hydrogens (tertiary/aromatic N) is 2. The molecule has 1 aromatic rings. The summed E-state index contributed by atoms with van der Waals surface area (Å²) in [7, 11) is 1.46. The van der Waals surface area contributed by atoms with Crippen LogP contribution in [0.1, 0.15) is 10.4 Å². The Morgan fingerprint density at radius 3 is 3.17 bits per heavy atom. The summed E-state index contributed by atoms with van der Waals surface area (Å²) in [5.74, 6) is 1.78. The van der Waals surface area contributed by atoms with Gasteiger partial charge in [-0.2, -0.15) is 0 Å². The molecule has 1 amide bonds. The van der Waals surface area contributed by atoms with Gasteiger partial charge in [-0.05, 0) is 6.07 Å². The summed E-state index contributed by atoms with van der Waals surface area (Å²) in [5.41, 5.74) is 0.976. The van der Waals surface area contributed by atoms with Crippen molar-refractivity contribution in [2.75, 3.05) is 18.7 Å². The minimum Gasteiger partial charge on any atom is -0.504 e. The predicted octanol–water partition coefficient (Wildman–Crippen LogP) is 1.63. The van der Waals surface area contributed by atoms with Crippen molar-refractivity contribution in [1.29, 1.82) is 0 Å². The number of fused-ring (bicyclic) bond motifs is 2. The summed E-state index contributed by atoms with van der Waals surface area (Å²) >= 11 is 1.71. The summed E-state index contributed by atoms with van der Waals surface area (Å²) in [4.78, 5) is 18.5. The maximum atomic E-state index is 12.4. The number of carbonyl (C=O) groups is 1. The van der Waals surface area contributed by atoms with Crippen LogP contribution in [0.25, 0.3) is 0 Å². The molecule has 3 rings (SSSR count). The first-order valence-electron chi connectivity index (χ1n) is 5.54. The van der Waals surface area contributed by atoms with Crippen LogP contribution in [0.15, 0.2) is 17.1 Å². The summed E-state index contributed by atoms with van der Waals surface area (Å²) in [5, 5.41) is 9.72. The highest BCUT2D eigenvalue weighted by Gasteiger charge is 2.32. The Kier molecular flexibility index (Phi) is 2.66. The summed E-state index contributed by atoms with van der Waals surface area (Å²) in [6.45, 7) is 0. The Morgan fingerprint density at radius 2 is 2.39 bits per heavy atom. The Balaban J connectivity index is 2.12. The van der Waals surface area contributed by atoms with E-state index in [2.05, 4.69) is 4.99 Å². The van der Waals surface area contributed by atoms with Gasteiger partial charge in [-0.3, -0.25) is 9.79 Å². The van der Waals surface area contributed by atoms with Gasteiger partial charge in [0.25, 0.3) is 5.91 Å². The average Bonchev–Trinajstić information content (AvgIpc) is 2.79. The topological polar surface area (TPSA) is 62.1 Å². The third-order valence-electron chi connectivity index (χ3n) is 3.09. The van der Waals surface area contributed by atoms with Crippen LogP contribution < -0.4 is 4.74 Å². The van der Waals surface area contributed by atoms with E-state index in [0.29, 0.717) is 22.9 Å². The van der Waals surface area contributed by atoms with Crippen LogP contribution in [0.3, 0.4) is 0 Å². The number of aliphatic imine (C=N–C) groups is 1. The van der Waals surface area contributed by atoms with Gasteiger partial charge in [-0.25, -0.2) is 0 Å². The van der Waals surface area contributed by atoms with Crippen molar-refractivity contribution in [1.82, 2.24) is 4.90 Å². The second-order valence-corrected chi connectivity index (χ2v) is 5.16. The van der Waals surface area contributed by atoms with Gasteiger partial charge in [0.2, 0.25) is 0 Å². The SMILES string of the molecule is COc1cc2c(cc1O)N=CC1CSCN1C2=O. The molecule has 1 aromatic carbocycles. The molecule has 2 heterocycles. The Bertz CT molecular complexity index is 544. The molecule has 1 N–H and O–H groups in total. The molecule has 0 spiro atoms. The molecule has 5 nitrogen and oxygen atoms in total. The van der Waals surface area contributed by atoms with E-state index in [0.717, 1.165) is 5.75 Å². The van der Waals surface area contributed by atoms with E-state index >= 15 is 0 Å². The lowest BCUT2D eigenvalue weighted by atomic mass is 10.1. The number of phenolic OH excluding ortho intramolecular Hbond substituents is 1. The van der Waals surface area contributed by atoms with Crippen molar-refractivity contribution in [2.24, 2.45) is 4.99 Å². The molecular weight excluding hydrogens is 252 g/mol. The molecule has 18 heavy (non-hydrogen) atoms. The van der Waals surface area contributed by atoms with Crippen LogP contribution in [0.5, 0.6) is 11.5 Å². The number of aromatic hydroxyl groups is 1. The minimum absolute atomic E-state index is 0.00219. The molecule has 0 radical (unpaired) electrons. The zero-order chi connectivity index (χ0) is 12.7. The number of thioether (sulfide) groups is 1. The highest BCUT2D eigenvalue weighted by atomic mass is 32.2. The van der Waals surface area contributed by atoms with Crippen LogP contribution in [0.2, 0.25) is 0 Å².